The maximum atomic E-state index is 5.31. The van der Waals surface area contributed by atoms with Crippen LogP contribution in [0.3, 0.4) is 0 Å². The van der Waals surface area contributed by atoms with Crippen LogP contribution >= 0.6 is 0 Å². The van der Waals surface area contributed by atoms with Crippen LogP contribution in [0.4, 0.5) is 0 Å². The van der Waals surface area contributed by atoms with Gasteiger partial charge in [0, 0.05) is 25.0 Å². The van der Waals surface area contributed by atoms with E-state index in [1.165, 1.54) is 0 Å². The molecule has 0 saturated carbocycles. The molecule has 98 valence electrons. The zero-order chi connectivity index (χ0) is 13.4. The molecule has 0 aromatic carbocycles. The van der Waals surface area contributed by atoms with Crippen LogP contribution in [0.25, 0.3) is 17.0 Å². The molecule has 0 radical (unpaired) electrons. The van der Waals surface area contributed by atoms with Crippen molar-refractivity contribution in [2.45, 2.75) is 0 Å². The Bertz CT molecular complexity index is 731. The van der Waals surface area contributed by atoms with Crippen LogP contribution in [0.15, 0.2) is 24.7 Å². The van der Waals surface area contributed by atoms with Crippen LogP contribution < -0.4 is 9.47 Å². The Labute approximate surface area is 109 Å². The van der Waals surface area contributed by atoms with Gasteiger partial charge in [0.05, 0.1) is 32.2 Å². The number of aryl methyl sites for hydroxylation is 1. The normalized spacial score (nSPS) is 10.9. The molecule has 19 heavy (non-hydrogen) atoms. The van der Waals surface area contributed by atoms with Crippen molar-refractivity contribution in [1.29, 1.82) is 0 Å². The highest BCUT2D eigenvalue weighted by molar-refractivity contribution is 5.60. The molecule has 0 bridgehead atoms. The van der Waals surface area contributed by atoms with Crippen LogP contribution in [0.2, 0.25) is 0 Å². The Morgan fingerprint density at radius 2 is 1.95 bits per heavy atom. The molecular weight excluding hydrogens is 246 g/mol. The number of hydrogen-bond donors (Lipinski definition) is 0. The van der Waals surface area contributed by atoms with E-state index in [9.17, 15) is 0 Å². The van der Waals surface area contributed by atoms with E-state index in [4.69, 9.17) is 9.47 Å². The van der Waals surface area contributed by atoms with Gasteiger partial charge in [0.15, 0.2) is 0 Å². The molecule has 3 aromatic rings. The summed E-state index contributed by atoms with van der Waals surface area (Å²) in [7, 11) is 5.02. The zero-order valence-electron chi connectivity index (χ0n) is 10.9. The lowest BCUT2D eigenvalue weighted by atomic mass is 10.3. The number of methoxy groups -OCH3 is 2. The van der Waals surface area contributed by atoms with Crippen molar-refractivity contribution >= 4 is 5.78 Å². The number of imidazole rings is 1. The molecule has 0 saturated heterocycles. The molecule has 0 unspecified atom stereocenters. The molecule has 3 rings (SSSR count). The van der Waals surface area contributed by atoms with Gasteiger partial charge < -0.3 is 9.47 Å². The zero-order valence-corrected chi connectivity index (χ0v) is 10.9. The Balaban J connectivity index is 2.19. The fourth-order valence-corrected chi connectivity index (χ4v) is 1.87. The van der Waals surface area contributed by atoms with Gasteiger partial charge in [-0.3, -0.25) is 9.08 Å². The molecule has 7 heteroatoms. The van der Waals surface area contributed by atoms with E-state index in [0.29, 0.717) is 17.5 Å². The molecular formula is C12H13N5O2. The molecule has 3 aromatic heterocycles. The summed E-state index contributed by atoms with van der Waals surface area (Å²) >= 11 is 0. The maximum Gasteiger partial charge on any atom is 0.240 e. The van der Waals surface area contributed by atoms with Gasteiger partial charge in [-0.25, -0.2) is 4.98 Å². The van der Waals surface area contributed by atoms with E-state index in [2.05, 4.69) is 15.1 Å². The average molecular weight is 259 g/mol. The number of rotatable bonds is 3. The summed E-state index contributed by atoms with van der Waals surface area (Å²) in [5.74, 6) is 1.60. The maximum absolute atomic E-state index is 5.31. The van der Waals surface area contributed by atoms with Crippen molar-refractivity contribution in [3.63, 3.8) is 0 Å². The number of aromatic nitrogens is 5. The lowest BCUT2D eigenvalue weighted by Crippen LogP contribution is -1.97. The number of nitrogens with zero attached hydrogens (tertiary/aromatic N) is 5. The van der Waals surface area contributed by atoms with E-state index < -0.39 is 0 Å². The first-order chi connectivity index (χ1) is 9.21. The number of hydrogen-bond acceptors (Lipinski definition) is 5. The lowest BCUT2D eigenvalue weighted by molar-refractivity contribution is 0.369. The Hall–Kier alpha value is -2.57. The predicted octanol–water partition coefficient (Wildman–Crippen LogP) is 1.15. The fourth-order valence-electron chi connectivity index (χ4n) is 1.87. The van der Waals surface area contributed by atoms with Gasteiger partial charge in [-0.1, -0.05) is 0 Å². The molecule has 7 nitrogen and oxygen atoms in total. The SMILES string of the molecule is COc1cc(OC)n2cc(-c3cnn(C)c3)nc2n1. The van der Waals surface area contributed by atoms with Crippen LogP contribution in [-0.2, 0) is 7.05 Å². The van der Waals surface area contributed by atoms with Gasteiger partial charge in [-0.05, 0) is 0 Å². The van der Waals surface area contributed by atoms with Gasteiger partial charge in [0.25, 0.3) is 0 Å². The number of fused-ring (bicyclic) bond motifs is 1. The largest absolute Gasteiger partial charge is 0.482 e. The number of ether oxygens (including phenoxy) is 2. The second-order valence-electron chi connectivity index (χ2n) is 4.04. The quantitative estimate of drug-likeness (QED) is 0.705. The van der Waals surface area contributed by atoms with Gasteiger partial charge in [-0.2, -0.15) is 10.1 Å². The second kappa shape index (κ2) is 4.27. The van der Waals surface area contributed by atoms with Crippen molar-refractivity contribution in [2.24, 2.45) is 7.05 Å². The van der Waals surface area contributed by atoms with Crippen molar-refractivity contribution in [3.8, 4) is 23.0 Å². The average Bonchev–Trinajstić information content (AvgIpc) is 3.02. The summed E-state index contributed by atoms with van der Waals surface area (Å²) in [5.41, 5.74) is 1.71. The first-order valence-corrected chi connectivity index (χ1v) is 5.68. The monoisotopic (exact) mass is 259 g/mol. The Morgan fingerprint density at radius 3 is 2.58 bits per heavy atom. The molecule has 0 aliphatic rings. The van der Waals surface area contributed by atoms with E-state index >= 15 is 0 Å². The first kappa shape index (κ1) is 11.5. The van der Waals surface area contributed by atoms with Crippen LogP contribution in [0.5, 0.6) is 11.8 Å². The molecule has 0 spiro atoms. The minimum absolute atomic E-state index is 0.465. The fraction of sp³-hybridized carbons (Fsp3) is 0.250. The molecule has 0 fully saturated rings. The summed E-state index contributed by atoms with van der Waals surface area (Å²) in [6, 6.07) is 1.71. The predicted molar refractivity (Wildman–Crippen MR) is 68.3 cm³/mol. The van der Waals surface area contributed by atoms with Crippen LogP contribution in [-0.4, -0.2) is 38.4 Å². The summed E-state index contributed by atoms with van der Waals surface area (Å²) < 4.78 is 13.9. The van der Waals surface area contributed by atoms with Crippen molar-refractivity contribution < 1.29 is 9.47 Å². The minimum atomic E-state index is 0.465. The van der Waals surface area contributed by atoms with Gasteiger partial charge in [0.2, 0.25) is 17.5 Å². The molecule has 0 aliphatic heterocycles. The van der Waals surface area contributed by atoms with Crippen LogP contribution in [0, 0.1) is 0 Å². The van der Waals surface area contributed by atoms with E-state index in [-0.39, 0.29) is 0 Å². The third kappa shape index (κ3) is 1.88. The highest BCUT2D eigenvalue weighted by Gasteiger charge is 2.12. The van der Waals surface area contributed by atoms with Gasteiger partial charge in [-0.15, -0.1) is 0 Å². The van der Waals surface area contributed by atoms with Crippen molar-refractivity contribution in [1.82, 2.24) is 24.1 Å². The molecule has 3 heterocycles. The smallest absolute Gasteiger partial charge is 0.240 e. The van der Waals surface area contributed by atoms with E-state index in [0.717, 1.165) is 11.3 Å². The van der Waals surface area contributed by atoms with E-state index in [1.54, 1.807) is 35.6 Å². The molecule has 0 aliphatic carbocycles. The third-order valence-electron chi connectivity index (χ3n) is 2.80. The minimum Gasteiger partial charge on any atom is -0.482 e. The lowest BCUT2D eigenvalue weighted by Gasteiger charge is -2.04. The summed E-state index contributed by atoms with van der Waals surface area (Å²) in [6.07, 6.45) is 5.51. The van der Waals surface area contributed by atoms with Crippen molar-refractivity contribution in [2.75, 3.05) is 14.2 Å². The summed E-state index contributed by atoms with van der Waals surface area (Å²) in [4.78, 5) is 8.73. The van der Waals surface area contributed by atoms with Gasteiger partial charge >= 0.3 is 0 Å². The molecule has 0 amide bonds. The van der Waals surface area contributed by atoms with Crippen LogP contribution in [0.1, 0.15) is 0 Å². The molecule has 0 atom stereocenters. The van der Waals surface area contributed by atoms with Crippen molar-refractivity contribution in [3.05, 3.63) is 24.7 Å². The standard InChI is InChI=1S/C12H13N5O2/c1-16-6-8(5-13-16)9-7-17-11(19-3)4-10(18-2)15-12(17)14-9/h4-7H,1-3H3. The first-order valence-electron chi connectivity index (χ1n) is 5.68. The Kier molecular flexibility index (Phi) is 2.59. The summed E-state index contributed by atoms with van der Waals surface area (Å²) in [5, 5.41) is 4.13. The Morgan fingerprint density at radius 1 is 1.11 bits per heavy atom. The third-order valence-corrected chi connectivity index (χ3v) is 2.80. The van der Waals surface area contributed by atoms with E-state index in [1.807, 2.05) is 19.4 Å². The molecule has 0 N–H and O–H groups in total. The highest BCUT2D eigenvalue weighted by Crippen LogP contribution is 2.24. The summed E-state index contributed by atoms with van der Waals surface area (Å²) in [6.45, 7) is 0. The highest BCUT2D eigenvalue weighted by atomic mass is 16.5. The second-order valence-corrected chi connectivity index (χ2v) is 4.04. The topological polar surface area (TPSA) is 66.5 Å². The van der Waals surface area contributed by atoms with Gasteiger partial charge in [0.1, 0.15) is 0 Å².